The second-order valence-electron chi connectivity index (χ2n) is 13.4. The number of likely N-dealkylation sites (N-methyl/N-ethyl adjacent to an activating group) is 1. The van der Waals surface area contributed by atoms with Crippen LogP contribution in [0.5, 0.6) is 28.7 Å². The first-order valence-corrected chi connectivity index (χ1v) is 16.7. The van der Waals surface area contributed by atoms with Crippen molar-refractivity contribution in [1.29, 1.82) is 5.26 Å². The standard InChI is InChI=1S/C37H37F3N4O7/c1-18-12-21-13-23-25(15-41)44-24(30(43(23)3)28(21)31(46)32(18)48-4)14-22-29(26(44)16-42-27(45)11-10-20-8-6-5-7-9-20)35-34(49-17-50-35)19(2)33(22)51-36(47)37(38,39)40/h5-9,12,23-26,30,46H,10-11,13-14,16-17H2,1-4H3,(H,42,45)/t23-,24?,25+,26+,30+/m1/s1. The summed E-state index contributed by atoms with van der Waals surface area (Å²) < 4.78 is 63.5. The minimum absolute atomic E-state index is 0.0146. The van der Waals surface area contributed by atoms with Gasteiger partial charge in [-0.15, -0.1) is 0 Å². The molecule has 3 aromatic rings. The minimum atomic E-state index is -5.28. The molecule has 0 radical (unpaired) electrons. The van der Waals surface area contributed by atoms with Crippen LogP contribution in [0, 0.1) is 25.2 Å². The van der Waals surface area contributed by atoms with E-state index in [-0.39, 0.29) is 72.3 Å². The van der Waals surface area contributed by atoms with Crippen molar-refractivity contribution in [2.24, 2.45) is 0 Å². The molecule has 1 unspecified atom stereocenters. The molecule has 4 aliphatic heterocycles. The van der Waals surface area contributed by atoms with Crippen LogP contribution in [0.15, 0.2) is 36.4 Å². The van der Waals surface area contributed by atoms with Crippen molar-refractivity contribution in [3.05, 3.63) is 75.3 Å². The predicted molar refractivity (Wildman–Crippen MR) is 176 cm³/mol. The SMILES string of the molecule is COc1c(C)cc2c(c1O)[C@@H]1C3Cc4c(OC(=O)C(F)(F)F)c(C)c5c(c4[C@H](CNC(=O)CCc4ccccc4)N3[C@@H](C#N)[C@@H](C2)N1C)OCO5. The molecular formula is C37H37F3N4O7. The number of phenols is 1. The van der Waals surface area contributed by atoms with Gasteiger partial charge in [-0.1, -0.05) is 36.4 Å². The number of nitrogens with zero attached hydrogens (tertiary/aromatic N) is 3. The van der Waals surface area contributed by atoms with Gasteiger partial charge in [-0.25, -0.2) is 4.79 Å². The predicted octanol–water partition coefficient (Wildman–Crippen LogP) is 4.73. The Bertz CT molecular complexity index is 1950. The molecule has 1 amide bonds. The lowest BCUT2D eigenvalue weighted by Crippen LogP contribution is -2.68. The number of hydrogen-bond donors (Lipinski definition) is 2. The number of esters is 1. The number of nitrogens with one attached hydrogen (secondary N) is 1. The molecule has 14 heteroatoms. The van der Waals surface area contributed by atoms with E-state index >= 15 is 0 Å². The monoisotopic (exact) mass is 706 g/mol. The number of halogens is 3. The van der Waals surface area contributed by atoms with Crippen molar-refractivity contribution in [2.45, 2.75) is 75.9 Å². The molecule has 5 atom stereocenters. The fourth-order valence-electron chi connectivity index (χ4n) is 8.52. The number of carbonyl (C=O) groups excluding carboxylic acids is 2. The van der Waals surface area contributed by atoms with Crippen molar-refractivity contribution in [3.8, 4) is 34.8 Å². The molecule has 4 heterocycles. The molecule has 0 aromatic heterocycles. The first kappa shape index (κ1) is 34.4. The highest BCUT2D eigenvalue weighted by Crippen LogP contribution is 2.58. The highest BCUT2D eigenvalue weighted by Gasteiger charge is 2.57. The Hall–Kier alpha value is -5.00. The van der Waals surface area contributed by atoms with Crippen LogP contribution in [0.2, 0.25) is 0 Å². The second-order valence-corrected chi connectivity index (χ2v) is 13.4. The van der Waals surface area contributed by atoms with E-state index in [0.717, 1.165) is 16.7 Å². The molecule has 268 valence electrons. The summed E-state index contributed by atoms with van der Waals surface area (Å²) in [6, 6.07) is 10.8. The first-order chi connectivity index (χ1) is 24.3. The summed E-state index contributed by atoms with van der Waals surface area (Å²) in [7, 11) is 3.32. The Balaban J connectivity index is 1.38. The molecule has 1 saturated heterocycles. The number of carbonyl (C=O) groups is 2. The van der Waals surface area contributed by atoms with Gasteiger partial charge in [-0.05, 0) is 56.8 Å². The summed E-state index contributed by atoms with van der Waals surface area (Å²) >= 11 is 0. The van der Waals surface area contributed by atoms with Crippen molar-refractivity contribution < 1.29 is 46.8 Å². The maximum absolute atomic E-state index is 13.7. The molecule has 4 aliphatic rings. The van der Waals surface area contributed by atoms with Gasteiger partial charge >= 0.3 is 12.1 Å². The van der Waals surface area contributed by atoms with Crippen LogP contribution < -0.4 is 24.3 Å². The number of ether oxygens (including phenoxy) is 4. The third kappa shape index (κ3) is 5.68. The third-order valence-corrected chi connectivity index (χ3v) is 10.7. The molecule has 1 fully saturated rings. The van der Waals surface area contributed by atoms with Gasteiger partial charge in [0.2, 0.25) is 12.7 Å². The highest BCUT2D eigenvalue weighted by atomic mass is 19.4. The topological polar surface area (TPSA) is 134 Å². The molecule has 3 aromatic carbocycles. The zero-order chi connectivity index (χ0) is 36.4. The summed E-state index contributed by atoms with van der Waals surface area (Å²) in [5, 5.41) is 25.5. The van der Waals surface area contributed by atoms with Crippen molar-refractivity contribution in [3.63, 3.8) is 0 Å². The number of alkyl halides is 3. The number of amides is 1. The van der Waals surface area contributed by atoms with E-state index in [1.807, 2.05) is 60.2 Å². The van der Waals surface area contributed by atoms with E-state index < -0.39 is 36.3 Å². The highest BCUT2D eigenvalue weighted by molar-refractivity contribution is 5.80. The summed E-state index contributed by atoms with van der Waals surface area (Å²) in [5.41, 5.74) is 3.92. The van der Waals surface area contributed by atoms with Gasteiger partial charge in [0.15, 0.2) is 23.0 Å². The second kappa shape index (κ2) is 13.0. The molecule has 0 saturated carbocycles. The smallest absolute Gasteiger partial charge is 0.491 e. The summed E-state index contributed by atoms with van der Waals surface area (Å²) in [5.74, 6) is -2.33. The van der Waals surface area contributed by atoms with Crippen LogP contribution in [-0.4, -0.2) is 78.6 Å². The Labute approximate surface area is 292 Å². The number of aryl methyl sites for hydroxylation is 2. The maximum Gasteiger partial charge on any atom is 0.491 e. The number of phenolic OH excluding ortho intramolecular Hbond substituents is 1. The zero-order valence-corrected chi connectivity index (χ0v) is 28.5. The van der Waals surface area contributed by atoms with E-state index in [9.17, 15) is 33.1 Å². The number of aromatic hydroxyl groups is 1. The van der Waals surface area contributed by atoms with Gasteiger partial charge in [-0.2, -0.15) is 18.4 Å². The van der Waals surface area contributed by atoms with Gasteiger partial charge in [0.1, 0.15) is 11.8 Å². The zero-order valence-electron chi connectivity index (χ0n) is 28.5. The van der Waals surface area contributed by atoms with Crippen LogP contribution in [0.4, 0.5) is 13.2 Å². The van der Waals surface area contributed by atoms with Gasteiger partial charge < -0.3 is 29.4 Å². The van der Waals surface area contributed by atoms with Crippen LogP contribution in [0.3, 0.4) is 0 Å². The Morgan fingerprint density at radius 2 is 1.80 bits per heavy atom. The molecule has 2 bridgehead atoms. The van der Waals surface area contributed by atoms with E-state index in [4.69, 9.17) is 18.9 Å². The number of fused-ring (bicyclic) bond motifs is 9. The summed E-state index contributed by atoms with van der Waals surface area (Å²) in [6.07, 6.45) is -4.19. The number of methoxy groups -OCH3 is 1. The van der Waals surface area contributed by atoms with Crippen LogP contribution in [0.25, 0.3) is 0 Å². The molecule has 11 nitrogen and oxygen atoms in total. The van der Waals surface area contributed by atoms with E-state index in [1.165, 1.54) is 14.0 Å². The Morgan fingerprint density at radius 3 is 2.49 bits per heavy atom. The van der Waals surface area contributed by atoms with Crippen LogP contribution in [0.1, 0.15) is 57.4 Å². The Morgan fingerprint density at radius 1 is 1.08 bits per heavy atom. The molecule has 7 rings (SSSR count). The van der Waals surface area contributed by atoms with Gasteiger partial charge in [0.25, 0.3) is 0 Å². The summed E-state index contributed by atoms with van der Waals surface area (Å²) in [4.78, 5) is 29.7. The Kier molecular flexibility index (Phi) is 8.75. The van der Waals surface area contributed by atoms with Crippen LogP contribution >= 0.6 is 0 Å². The van der Waals surface area contributed by atoms with Crippen molar-refractivity contribution in [1.82, 2.24) is 15.1 Å². The minimum Gasteiger partial charge on any atom is -0.504 e. The summed E-state index contributed by atoms with van der Waals surface area (Å²) in [6.45, 7) is 3.05. The fraction of sp³-hybridized carbons (Fsp3) is 0.432. The number of benzene rings is 3. The number of piperazine rings is 1. The van der Waals surface area contributed by atoms with E-state index in [1.54, 1.807) is 0 Å². The van der Waals surface area contributed by atoms with Crippen molar-refractivity contribution >= 4 is 11.9 Å². The third-order valence-electron chi connectivity index (χ3n) is 10.7. The lowest BCUT2D eigenvalue weighted by atomic mass is 9.71. The normalized spacial score (nSPS) is 23.4. The van der Waals surface area contributed by atoms with Gasteiger partial charge in [0, 0.05) is 47.3 Å². The molecule has 0 aliphatic carbocycles. The molecular weight excluding hydrogens is 669 g/mol. The van der Waals surface area contributed by atoms with Crippen molar-refractivity contribution in [2.75, 3.05) is 27.5 Å². The van der Waals surface area contributed by atoms with Gasteiger partial charge in [-0.3, -0.25) is 14.6 Å². The molecule has 2 N–H and O–H groups in total. The van der Waals surface area contributed by atoms with E-state index in [2.05, 4.69) is 11.4 Å². The maximum atomic E-state index is 13.7. The quantitative estimate of drug-likeness (QED) is 0.263. The number of hydrogen-bond acceptors (Lipinski definition) is 10. The number of rotatable bonds is 7. The average Bonchev–Trinajstić information content (AvgIpc) is 3.59. The lowest BCUT2D eigenvalue weighted by molar-refractivity contribution is -0.189. The number of nitriles is 1. The molecule has 51 heavy (non-hydrogen) atoms. The lowest BCUT2D eigenvalue weighted by Gasteiger charge is -2.60. The first-order valence-electron chi connectivity index (χ1n) is 16.7. The fourth-order valence-corrected chi connectivity index (χ4v) is 8.52. The largest absolute Gasteiger partial charge is 0.504 e. The van der Waals surface area contributed by atoms with Crippen LogP contribution in [-0.2, 0) is 28.9 Å². The molecule has 0 spiro atoms. The average molecular weight is 707 g/mol. The van der Waals surface area contributed by atoms with Gasteiger partial charge in [0.05, 0.1) is 25.3 Å². The van der Waals surface area contributed by atoms with E-state index in [0.29, 0.717) is 29.7 Å².